The molecular formula is C53H64N8O14. The number of guanidine groups is 1. The van der Waals surface area contributed by atoms with E-state index < -0.39 is 114 Å². The lowest BCUT2D eigenvalue weighted by Crippen LogP contribution is -2.68. The maximum absolute atomic E-state index is 15.8. The molecule has 2 aromatic rings. The molecule has 0 bridgehead atoms. The third-order valence-corrected chi connectivity index (χ3v) is 17.1. The fourth-order valence-corrected chi connectivity index (χ4v) is 13.8. The van der Waals surface area contributed by atoms with Crippen LogP contribution in [0.25, 0.3) is 0 Å². The SMILES string of the molecule is CN=C(N)NC1CC2CCC3(C4=CNC(N)C=C4)C(CCO)CCc4c5c(c(O)c1c4C23)C(=O)c1c(OC2OC(CO)C(O)(CC(CN3C(=O)C=CC3=O)C3=CCNC(N)=C3)C(O)C2O)cc(OC)c(CO)c1C5=O. The highest BCUT2D eigenvalue weighted by Gasteiger charge is 2.61. The molecule has 12 unspecified atom stereocenters. The Morgan fingerprint density at radius 2 is 1.77 bits per heavy atom. The summed E-state index contributed by atoms with van der Waals surface area (Å²) >= 11 is 0. The predicted octanol–water partition coefficient (Wildman–Crippen LogP) is -0.790. The molecule has 0 spiro atoms. The van der Waals surface area contributed by atoms with Gasteiger partial charge in [0.25, 0.3) is 11.8 Å². The second-order valence-corrected chi connectivity index (χ2v) is 20.7. The van der Waals surface area contributed by atoms with Crippen molar-refractivity contribution in [3.8, 4) is 17.2 Å². The van der Waals surface area contributed by atoms with Crippen LogP contribution in [0.4, 0.5) is 0 Å². The van der Waals surface area contributed by atoms with Gasteiger partial charge in [0.1, 0.15) is 41.2 Å². The van der Waals surface area contributed by atoms with Gasteiger partial charge in [-0.05, 0) is 97.1 Å². The summed E-state index contributed by atoms with van der Waals surface area (Å²) in [6.07, 6.45) is 5.43. The van der Waals surface area contributed by atoms with E-state index >= 15 is 9.59 Å². The molecule has 2 fully saturated rings. The molecule has 400 valence electrons. The van der Waals surface area contributed by atoms with Crippen molar-refractivity contribution < 1.29 is 69.1 Å². The number of aromatic hydroxyl groups is 1. The van der Waals surface area contributed by atoms with Gasteiger partial charge in [0.2, 0.25) is 12.1 Å². The molecule has 1 saturated carbocycles. The Labute approximate surface area is 431 Å². The van der Waals surface area contributed by atoms with Crippen LogP contribution < -0.4 is 42.6 Å². The number of phenolic OH excluding ortho intramolecular Hbond substituents is 1. The molecule has 2 aromatic carbocycles. The highest BCUT2D eigenvalue weighted by molar-refractivity contribution is 6.31. The molecule has 22 heteroatoms. The van der Waals surface area contributed by atoms with E-state index in [1.54, 1.807) is 6.08 Å². The summed E-state index contributed by atoms with van der Waals surface area (Å²) in [5.74, 6) is -4.92. The predicted molar refractivity (Wildman–Crippen MR) is 267 cm³/mol. The number of ketones is 2. The number of hydrogen-bond acceptors (Lipinski definition) is 19. The van der Waals surface area contributed by atoms with Crippen molar-refractivity contribution in [1.82, 2.24) is 20.9 Å². The lowest BCUT2D eigenvalue weighted by molar-refractivity contribution is -0.316. The number of aliphatic hydroxyl groups excluding tert-OH is 5. The van der Waals surface area contributed by atoms with E-state index in [1.807, 2.05) is 18.4 Å². The average Bonchev–Trinajstić information content (AvgIpc) is 4.07. The van der Waals surface area contributed by atoms with Crippen molar-refractivity contribution in [2.24, 2.45) is 45.4 Å². The van der Waals surface area contributed by atoms with Gasteiger partial charge in [-0.3, -0.25) is 29.1 Å². The monoisotopic (exact) mass is 1040 g/mol. The van der Waals surface area contributed by atoms with Gasteiger partial charge < -0.3 is 83.1 Å². The smallest absolute Gasteiger partial charge is 0.253 e. The Kier molecular flexibility index (Phi) is 13.7. The van der Waals surface area contributed by atoms with Gasteiger partial charge in [0, 0.05) is 84.7 Å². The number of aliphatic imine (C=N–C) groups is 1. The van der Waals surface area contributed by atoms with Crippen molar-refractivity contribution in [3.63, 3.8) is 0 Å². The molecule has 8 aliphatic rings. The van der Waals surface area contributed by atoms with Crippen LogP contribution in [0.5, 0.6) is 17.2 Å². The molecule has 4 heterocycles. The Morgan fingerprint density at radius 1 is 1.03 bits per heavy atom. The minimum atomic E-state index is -2.49. The lowest BCUT2D eigenvalue weighted by atomic mass is 9.56. The summed E-state index contributed by atoms with van der Waals surface area (Å²) in [7, 11) is 2.79. The zero-order valence-electron chi connectivity index (χ0n) is 41.5. The summed E-state index contributed by atoms with van der Waals surface area (Å²) < 4.78 is 18.1. The third kappa shape index (κ3) is 8.20. The minimum absolute atomic E-state index is 0.0218. The van der Waals surface area contributed by atoms with Gasteiger partial charge in [-0.15, -0.1) is 0 Å². The number of imide groups is 1. The number of hydrogen-bond donors (Lipinski definition) is 13. The largest absolute Gasteiger partial charge is 0.507 e. The zero-order valence-corrected chi connectivity index (χ0v) is 41.5. The van der Waals surface area contributed by atoms with Crippen LogP contribution in [0.2, 0.25) is 0 Å². The highest BCUT2D eigenvalue weighted by atomic mass is 16.7. The first-order valence-corrected chi connectivity index (χ1v) is 25.3. The van der Waals surface area contributed by atoms with E-state index in [0.29, 0.717) is 47.9 Å². The summed E-state index contributed by atoms with van der Waals surface area (Å²) in [6, 6.07) is 0.515. The van der Waals surface area contributed by atoms with Crippen molar-refractivity contribution in [2.45, 2.75) is 99.9 Å². The molecule has 4 aliphatic carbocycles. The number of carbonyl (C=O) groups is 4. The third-order valence-electron chi connectivity index (χ3n) is 17.1. The van der Waals surface area contributed by atoms with Crippen LogP contribution in [-0.2, 0) is 27.4 Å². The normalized spacial score (nSPS) is 32.1. The first kappa shape index (κ1) is 51.8. The number of nitrogens with zero attached hydrogens (tertiary/aromatic N) is 2. The van der Waals surface area contributed by atoms with Gasteiger partial charge >= 0.3 is 0 Å². The molecular weight excluding hydrogens is 973 g/mol. The summed E-state index contributed by atoms with van der Waals surface area (Å²) in [4.78, 5) is 62.0. The molecule has 75 heavy (non-hydrogen) atoms. The molecule has 10 rings (SSSR count). The molecule has 1 saturated heterocycles. The second kappa shape index (κ2) is 19.8. The Balaban J connectivity index is 1.08. The van der Waals surface area contributed by atoms with Crippen molar-refractivity contribution >= 4 is 29.3 Å². The van der Waals surface area contributed by atoms with Gasteiger partial charge in [0.05, 0.1) is 49.5 Å². The quantitative estimate of drug-likeness (QED) is 0.0534. The van der Waals surface area contributed by atoms with E-state index in [9.17, 15) is 45.3 Å². The molecule has 22 nitrogen and oxygen atoms in total. The number of nitrogens with one attached hydrogen (secondary N) is 3. The summed E-state index contributed by atoms with van der Waals surface area (Å²) in [5.41, 5.74) is 17.4. The van der Waals surface area contributed by atoms with Gasteiger partial charge in [-0.1, -0.05) is 12.2 Å². The fraction of sp³-hybridized carbons (Fsp3) is 0.491. The summed E-state index contributed by atoms with van der Waals surface area (Å²) in [6.45, 7) is -1.91. The van der Waals surface area contributed by atoms with E-state index in [4.69, 9.17) is 31.4 Å². The highest BCUT2D eigenvalue weighted by Crippen LogP contribution is 2.69. The maximum Gasteiger partial charge on any atom is 0.253 e. The topological polar surface area (TPSA) is 367 Å². The molecule has 2 amide bonds. The van der Waals surface area contributed by atoms with E-state index in [1.165, 1.54) is 26.3 Å². The first-order chi connectivity index (χ1) is 35.9. The lowest BCUT2D eigenvalue weighted by Gasteiger charge is -2.49. The minimum Gasteiger partial charge on any atom is -0.507 e. The van der Waals surface area contributed by atoms with Gasteiger partial charge in [0.15, 0.2) is 11.7 Å². The number of benzene rings is 2. The number of carbonyl (C=O) groups excluding carboxylic acids is 4. The maximum atomic E-state index is 15.8. The number of nitrogens with two attached hydrogens (primary N) is 3. The van der Waals surface area contributed by atoms with Crippen molar-refractivity contribution in [3.05, 3.63) is 110 Å². The molecule has 4 aliphatic heterocycles. The number of allylic oxidation sites excluding steroid dienone is 3. The van der Waals surface area contributed by atoms with E-state index in [-0.39, 0.29) is 83.7 Å². The summed E-state index contributed by atoms with van der Waals surface area (Å²) in [5, 5.41) is 91.1. The number of fused-ring (bicyclic) bond motifs is 3. The number of dihydropyridines is 2. The number of amides is 2. The zero-order chi connectivity index (χ0) is 53.4. The molecule has 0 radical (unpaired) electrons. The van der Waals surface area contributed by atoms with Crippen LogP contribution in [0, 0.1) is 23.2 Å². The van der Waals surface area contributed by atoms with Crippen LogP contribution >= 0.6 is 0 Å². The first-order valence-electron chi connectivity index (χ1n) is 25.3. The van der Waals surface area contributed by atoms with Crippen LogP contribution in [0.3, 0.4) is 0 Å². The van der Waals surface area contributed by atoms with E-state index in [0.717, 1.165) is 29.0 Å². The molecule has 0 aromatic heterocycles. The van der Waals surface area contributed by atoms with Gasteiger partial charge in [-0.2, -0.15) is 0 Å². The standard InChI is InChI=1S/C53H64N8O14/c1-57-51(56)60-30-15-24-9-12-52(27-4-6-34(54)59-19-27)26(11-14-62)3-5-28-38(44(24)52)41(30)46(68)43-39(28)45(67)40-29(21-63)31(73-2)17-32(42(40)47(43)69)74-50-48(70)49(71)53(72,33(22-64)75-50)18-25(23-10-13-58-35(55)16-23)20-61-36(65)7-8-37(61)66/h4,6-8,10,16-17,19,24-26,30,33-34,44,48-50,58-59,62-64,68,70-72H,3,5,9,11-15,18,20-22,54-55H2,1-2H3,(H3,56,57,60). The molecule has 12 atom stereocenters. The number of aliphatic hydroxyl groups is 6. The van der Waals surface area contributed by atoms with Gasteiger partial charge in [-0.25, -0.2) is 0 Å². The average molecular weight is 1040 g/mol. The number of rotatable bonds is 14. The van der Waals surface area contributed by atoms with Crippen molar-refractivity contribution in [1.29, 1.82) is 0 Å². The molecule has 16 N–H and O–H groups in total. The second-order valence-electron chi connectivity index (χ2n) is 20.7. The van der Waals surface area contributed by atoms with Crippen LogP contribution in [0.15, 0.2) is 70.7 Å². The van der Waals surface area contributed by atoms with Crippen LogP contribution in [0.1, 0.15) is 105 Å². The Bertz CT molecular complexity index is 2910. The van der Waals surface area contributed by atoms with Crippen LogP contribution in [-0.4, -0.2) is 147 Å². The number of phenols is 1. The van der Waals surface area contributed by atoms with Crippen molar-refractivity contribution in [2.75, 3.05) is 40.5 Å². The Hall–Kier alpha value is -6.63. The fourth-order valence-electron chi connectivity index (χ4n) is 13.8. The van der Waals surface area contributed by atoms with E-state index in [2.05, 4.69) is 20.9 Å². The Morgan fingerprint density at radius 3 is 2.43 bits per heavy atom. The number of ether oxygens (including phenoxy) is 3. The number of methoxy groups -OCH3 is 1.